The molecule has 3 aliphatic rings. The fourth-order valence-corrected chi connectivity index (χ4v) is 5.35. The van der Waals surface area contributed by atoms with Crippen molar-refractivity contribution in [1.82, 2.24) is 19.7 Å². The van der Waals surface area contributed by atoms with Crippen LogP contribution in [0.4, 0.5) is 26.1 Å². The maximum absolute atomic E-state index is 13.6. The third kappa shape index (κ3) is 4.44. The molecule has 1 aromatic carbocycles. The van der Waals surface area contributed by atoms with E-state index in [0.29, 0.717) is 11.4 Å². The zero-order valence-electron chi connectivity index (χ0n) is 20.1. The van der Waals surface area contributed by atoms with E-state index in [4.69, 9.17) is 10.7 Å². The summed E-state index contributed by atoms with van der Waals surface area (Å²) in [5.41, 5.74) is 12.0. The van der Waals surface area contributed by atoms with E-state index in [0.717, 1.165) is 47.1 Å². The summed E-state index contributed by atoms with van der Waals surface area (Å²) in [6.07, 6.45) is 8.63. The fourth-order valence-electron chi connectivity index (χ4n) is 5.35. The summed E-state index contributed by atoms with van der Waals surface area (Å²) in [6, 6.07) is 7.88. The maximum Gasteiger partial charge on any atom is 0.251 e. The molecule has 4 heterocycles. The average Bonchev–Trinajstić information content (AvgIpc) is 3.39. The normalized spacial score (nSPS) is 20.9. The van der Waals surface area contributed by atoms with Crippen LogP contribution in [0.15, 0.2) is 36.7 Å². The highest BCUT2D eigenvalue weighted by Crippen LogP contribution is 2.54. The van der Waals surface area contributed by atoms with Crippen LogP contribution in [0, 0.1) is 12.3 Å². The number of aryl methyl sites for hydroxylation is 1. The van der Waals surface area contributed by atoms with Gasteiger partial charge in [0.2, 0.25) is 5.95 Å². The Labute approximate surface area is 204 Å². The monoisotopic (exact) mass is 479 g/mol. The highest BCUT2D eigenvalue weighted by atomic mass is 19.3. The molecule has 0 radical (unpaired) electrons. The highest BCUT2D eigenvalue weighted by molar-refractivity contribution is 5.69. The third-order valence-electron chi connectivity index (χ3n) is 7.87. The highest BCUT2D eigenvalue weighted by Gasteiger charge is 2.44. The number of halogens is 2. The standard InChI is InChI=1S/C26H31F2N7/c1-18-14-21(32-24(31-18)34-12-8-26(27,28)9-13-34)19-16-30-35(17-19)22-3-2-20(29)15-23(22)33-10-6-25(4-5-25)7-11-33/h2-3,14-17H,4-13,29H2,1H3. The summed E-state index contributed by atoms with van der Waals surface area (Å²) < 4.78 is 29.1. The van der Waals surface area contributed by atoms with Gasteiger partial charge in [-0.2, -0.15) is 5.10 Å². The Morgan fingerprint density at radius 1 is 0.857 bits per heavy atom. The molecule has 2 aromatic heterocycles. The van der Waals surface area contributed by atoms with Gasteiger partial charge in [0.1, 0.15) is 0 Å². The van der Waals surface area contributed by atoms with E-state index in [9.17, 15) is 8.78 Å². The topological polar surface area (TPSA) is 76.1 Å². The van der Waals surface area contributed by atoms with Gasteiger partial charge >= 0.3 is 0 Å². The molecular formula is C26H31F2N7. The Kier molecular flexibility index (Phi) is 5.19. The van der Waals surface area contributed by atoms with E-state index in [1.165, 1.54) is 25.7 Å². The molecule has 6 rings (SSSR count). The van der Waals surface area contributed by atoms with Crippen molar-refractivity contribution >= 4 is 17.3 Å². The number of piperidine rings is 2. The van der Waals surface area contributed by atoms with Gasteiger partial charge in [-0.15, -0.1) is 0 Å². The van der Waals surface area contributed by atoms with E-state index in [2.05, 4.69) is 15.0 Å². The molecule has 2 saturated heterocycles. The van der Waals surface area contributed by atoms with Gasteiger partial charge in [-0.1, -0.05) is 0 Å². The van der Waals surface area contributed by atoms with Crippen LogP contribution in [0.5, 0.6) is 0 Å². The van der Waals surface area contributed by atoms with Crippen molar-refractivity contribution in [3.63, 3.8) is 0 Å². The van der Waals surface area contributed by atoms with Crippen LogP contribution in [0.2, 0.25) is 0 Å². The SMILES string of the molecule is Cc1cc(-c2cnn(-c3ccc(N)cc3N3CCC4(CC3)CC4)c2)nc(N2CCC(F)(F)CC2)n1. The largest absolute Gasteiger partial charge is 0.399 e. The lowest BCUT2D eigenvalue weighted by molar-refractivity contribution is -0.0222. The number of benzene rings is 1. The van der Waals surface area contributed by atoms with E-state index < -0.39 is 5.92 Å². The van der Waals surface area contributed by atoms with Crippen LogP contribution >= 0.6 is 0 Å². The molecule has 0 unspecified atom stereocenters. The zero-order chi connectivity index (χ0) is 24.2. The summed E-state index contributed by atoms with van der Waals surface area (Å²) >= 11 is 0. The van der Waals surface area contributed by atoms with Crippen LogP contribution < -0.4 is 15.5 Å². The molecule has 0 atom stereocenters. The first-order valence-electron chi connectivity index (χ1n) is 12.5. The summed E-state index contributed by atoms with van der Waals surface area (Å²) in [7, 11) is 0. The molecule has 1 spiro atoms. The average molecular weight is 480 g/mol. The van der Waals surface area contributed by atoms with Crippen molar-refractivity contribution in [2.45, 2.75) is 51.4 Å². The van der Waals surface area contributed by atoms with Gasteiger partial charge in [0.05, 0.1) is 23.3 Å². The predicted octanol–water partition coefficient (Wildman–Crippen LogP) is 4.84. The first-order valence-corrected chi connectivity index (χ1v) is 12.5. The second kappa shape index (κ2) is 8.17. The number of alkyl halides is 2. The van der Waals surface area contributed by atoms with Crippen molar-refractivity contribution in [2.24, 2.45) is 5.41 Å². The third-order valence-corrected chi connectivity index (χ3v) is 7.87. The summed E-state index contributed by atoms with van der Waals surface area (Å²) in [6.45, 7) is 4.47. The van der Waals surface area contributed by atoms with Crippen molar-refractivity contribution in [3.8, 4) is 16.9 Å². The Balaban J connectivity index is 1.28. The Hall–Kier alpha value is -3.23. The van der Waals surface area contributed by atoms with E-state index in [1.54, 1.807) is 6.20 Å². The molecule has 0 bridgehead atoms. The van der Waals surface area contributed by atoms with E-state index in [1.807, 2.05) is 47.0 Å². The number of nitrogens with two attached hydrogens (primary N) is 1. The lowest BCUT2D eigenvalue weighted by Crippen LogP contribution is -2.40. The number of hydrogen-bond donors (Lipinski definition) is 1. The molecule has 3 aromatic rings. The van der Waals surface area contributed by atoms with E-state index >= 15 is 0 Å². The number of nitrogens with zero attached hydrogens (tertiary/aromatic N) is 6. The second-order valence-corrected chi connectivity index (χ2v) is 10.4. The molecule has 1 saturated carbocycles. The first-order chi connectivity index (χ1) is 16.8. The lowest BCUT2D eigenvalue weighted by atomic mass is 9.93. The number of hydrogen-bond acceptors (Lipinski definition) is 6. The second-order valence-electron chi connectivity index (χ2n) is 10.4. The Morgan fingerprint density at radius 2 is 1.57 bits per heavy atom. The van der Waals surface area contributed by atoms with Crippen LogP contribution in [-0.4, -0.2) is 51.8 Å². The van der Waals surface area contributed by atoms with Crippen LogP contribution in [-0.2, 0) is 0 Å². The number of anilines is 3. The van der Waals surface area contributed by atoms with Crippen molar-refractivity contribution in [1.29, 1.82) is 0 Å². The summed E-state index contributed by atoms with van der Waals surface area (Å²) in [5.74, 6) is -2.10. The van der Waals surface area contributed by atoms with Gasteiger partial charge < -0.3 is 15.5 Å². The molecule has 2 aliphatic heterocycles. The molecule has 2 N–H and O–H groups in total. The minimum atomic E-state index is -2.60. The minimum absolute atomic E-state index is 0.172. The maximum atomic E-state index is 13.6. The van der Waals surface area contributed by atoms with Gasteiger partial charge in [-0.05, 0) is 62.3 Å². The van der Waals surface area contributed by atoms with Crippen LogP contribution in [0.1, 0.15) is 44.2 Å². The van der Waals surface area contributed by atoms with Gasteiger partial charge in [-0.3, -0.25) is 0 Å². The van der Waals surface area contributed by atoms with E-state index in [-0.39, 0.29) is 25.9 Å². The number of rotatable bonds is 4. The molecule has 1 aliphatic carbocycles. The van der Waals surface area contributed by atoms with Crippen LogP contribution in [0.3, 0.4) is 0 Å². The molecular weight excluding hydrogens is 448 g/mol. The Morgan fingerprint density at radius 3 is 2.29 bits per heavy atom. The number of nitrogen functional groups attached to an aromatic ring is 1. The number of aromatic nitrogens is 4. The summed E-state index contributed by atoms with van der Waals surface area (Å²) in [4.78, 5) is 13.5. The van der Waals surface area contributed by atoms with Crippen molar-refractivity contribution < 1.29 is 8.78 Å². The fraction of sp³-hybridized carbons (Fsp3) is 0.500. The Bertz CT molecular complexity index is 1230. The van der Waals surface area contributed by atoms with Crippen molar-refractivity contribution in [2.75, 3.05) is 41.7 Å². The quantitative estimate of drug-likeness (QED) is 0.540. The minimum Gasteiger partial charge on any atom is -0.399 e. The smallest absolute Gasteiger partial charge is 0.251 e. The molecule has 3 fully saturated rings. The van der Waals surface area contributed by atoms with Gasteiger partial charge in [0.25, 0.3) is 5.92 Å². The van der Waals surface area contributed by atoms with Gasteiger partial charge in [-0.25, -0.2) is 23.4 Å². The lowest BCUT2D eigenvalue weighted by Gasteiger charge is -2.35. The van der Waals surface area contributed by atoms with Gasteiger partial charge in [0, 0.05) is 62.2 Å². The van der Waals surface area contributed by atoms with Crippen LogP contribution in [0.25, 0.3) is 16.9 Å². The first kappa shape index (κ1) is 22.2. The zero-order valence-corrected chi connectivity index (χ0v) is 20.1. The summed E-state index contributed by atoms with van der Waals surface area (Å²) in [5, 5.41) is 4.66. The predicted molar refractivity (Wildman–Crippen MR) is 133 cm³/mol. The molecule has 0 amide bonds. The molecule has 7 nitrogen and oxygen atoms in total. The molecule has 184 valence electrons. The molecule has 35 heavy (non-hydrogen) atoms. The molecule has 9 heteroatoms. The van der Waals surface area contributed by atoms with Gasteiger partial charge in [0.15, 0.2) is 0 Å². The van der Waals surface area contributed by atoms with Crippen molar-refractivity contribution in [3.05, 3.63) is 42.4 Å².